The maximum atomic E-state index is 5.41. The van der Waals surface area contributed by atoms with Gasteiger partial charge in [0, 0.05) is 0 Å². The van der Waals surface area contributed by atoms with E-state index >= 15 is 0 Å². The molecule has 84 valence electrons. The largest absolute Gasteiger partial charge is 0.466 e. The molecule has 0 amide bonds. The molecular formula is C12H18BrNO. The van der Waals surface area contributed by atoms with Gasteiger partial charge in [0.1, 0.15) is 5.76 Å². The summed E-state index contributed by atoms with van der Waals surface area (Å²) in [6.07, 6.45) is 7.33. The minimum absolute atomic E-state index is 0.300. The number of hydrogen-bond donors (Lipinski definition) is 1. The summed E-state index contributed by atoms with van der Waals surface area (Å²) in [4.78, 5) is 0. The second-order valence-electron chi connectivity index (χ2n) is 4.39. The highest BCUT2D eigenvalue weighted by Gasteiger charge is 2.18. The SMILES string of the molecule is CC(NCCC1CCC1)c1occc1Br. The zero-order chi connectivity index (χ0) is 10.7. The van der Waals surface area contributed by atoms with Crippen LogP contribution >= 0.6 is 15.9 Å². The van der Waals surface area contributed by atoms with Crippen LogP contribution in [-0.4, -0.2) is 6.54 Å². The Morgan fingerprint density at radius 3 is 2.93 bits per heavy atom. The van der Waals surface area contributed by atoms with E-state index in [1.165, 1.54) is 25.7 Å². The summed E-state index contributed by atoms with van der Waals surface area (Å²) in [5, 5.41) is 3.50. The van der Waals surface area contributed by atoms with Crippen molar-refractivity contribution < 1.29 is 4.42 Å². The van der Waals surface area contributed by atoms with Crippen LogP contribution in [-0.2, 0) is 0 Å². The molecule has 0 aliphatic heterocycles. The third-order valence-electron chi connectivity index (χ3n) is 3.27. The Kier molecular flexibility index (Phi) is 3.87. The van der Waals surface area contributed by atoms with Gasteiger partial charge in [-0.1, -0.05) is 19.3 Å². The molecule has 1 aliphatic rings. The molecule has 2 nitrogen and oxygen atoms in total. The molecule has 3 heteroatoms. The molecule has 1 fully saturated rings. The van der Waals surface area contributed by atoms with Crippen molar-refractivity contribution in [3.63, 3.8) is 0 Å². The summed E-state index contributed by atoms with van der Waals surface area (Å²) in [6.45, 7) is 3.24. The number of furan rings is 1. The van der Waals surface area contributed by atoms with Gasteiger partial charge < -0.3 is 9.73 Å². The highest BCUT2D eigenvalue weighted by atomic mass is 79.9. The van der Waals surface area contributed by atoms with Crippen LogP contribution in [0, 0.1) is 5.92 Å². The topological polar surface area (TPSA) is 25.2 Å². The summed E-state index contributed by atoms with van der Waals surface area (Å²) in [5.41, 5.74) is 0. The Labute approximate surface area is 99.6 Å². The predicted octanol–water partition coefficient (Wildman–Crippen LogP) is 3.88. The fraction of sp³-hybridized carbons (Fsp3) is 0.667. The Morgan fingerprint density at radius 2 is 2.40 bits per heavy atom. The molecule has 1 atom stereocenters. The number of nitrogens with one attached hydrogen (secondary N) is 1. The molecule has 0 saturated heterocycles. The molecule has 1 N–H and O–H groups in total. The van der Waals surface area contributed by atoms with E-state index in [1.54, 1.807) is 6.26 Å². The minimum atomic E-state index is 0.300. The molecule has 0 bridgehead atoms. The van der Waals surface area contributed by atoms with E-state index in [9.17, 15) is 0 Å². The Balaban J connectivity index is 1.72. The van der Waals surface area contributed by atoms with E-state index in [2.05, 4.69) is 28.2 Å². The molecule has 1 heterocycles. The van der Waals surface area contributed by atoms with Crippen LogP contribution in [0.3, 0.4) is 0 Å². The number of halogens is 1. The first-order valence-corrected chi connectivity index (χ1v) is 6.53. The van der Waals surface area contributed by atoms with Crippen molar-refractivity contribution in [2.75, 3.05) is 6.54 Å². The summed E-state index contributed by atoms with van der Waals surface area (Å²) >= 11 is 3.48. The van der Waals surface area contributed by atoms with Crippen molar-refractivity contribution in [1.82, 2.24) is 5.32 Å². The van der Waals surface area contributed by atoms with Crippen molar-refractivity contribution in [1.29, 1.82) is 0 Å². The zero-order valence-corrected chi connectivity index (χ0v) is 10.7. The Bertz CT molecular complexity index is 306. The zero-order valence-electron chi connectivity index (χ0n) is 9.13. The molecule has 1 aromatic rings. The number of rotatable bonds is 5. The maximum Gasteiger partial charge on any atom is 0.134 e. The highest BCUT2D eigenvalue weighted by Crippen LogP contribution is 2.29. The normalized spacial score (nSPS) is 18.8. The van der Waals surface area contributed by atoms with E-state index in [-0.39, 0.29) is 0 Å². The van der Waals surface area contributed by atoms with E-state index in [0.29, 0.717) is 6.04 Å². The summed E-state index contributed by atoms with van der Waals surface area (Å²) in [6, 6.07) is 2.24. The van der Waals surface area contributed by atoms with Crippen molar-refractivity contribution in [3.8, 4) is 0 Å². The van der Waals surface area contributed by atoms with Gasteiger partial charge in [0.2, 0.25) is 0 Å². The van der Waals surface area contributed by atoms with Crippen molar-refractivity contribution in [2.45, 2.75) is 38.6 Å². The van der Waals surface area contributed by atoms with Crippen LogP contribution in [0.2, 0.25) is 0 Å². The van der Waals surface area contributed by atoms with Gasteiger partial charge in [-0.3, -0.25) is 0 Å². The summed E-state index contributed by atoms with van der Waals surface area (Å²) < 4.78 is 6.48. The van der Waals surface area contributed by atoms with E-state index in [4.69, 9.17) is 4.42 Å². The predicted molar refractivity (Wildman–Crippen MR) is 64.8 cm³/mol. The van der Waals surface area contributed by atoms with Crippen molar-refractivity contribution in [2.24, 2.45) is 5.92 Å². The van der Waals surface area contributed by atoms with Crippen molar-refractivity contribution in [3.05, 3.63) is 22.6 Å². The van der Waals surface area contributed by atoms with Gasteiger partial charge in [-0.15, -0.1) is 0 Å². The lowest BCUT2D eigenvalue weighted by molar-refractivity contribution is 0.285. The second kappa shape index (κ2) is 5.17. The minimum Gasteiger partial charge on any atom is -0.466 e. The lowest BCUT2D eigenvalue weighted by Gasteiger charge is -2.25. The standard InChI is InChI=1S/C12H18BrNO/c1-9(12-11(13)6-8-15-12)14-7-5-10-3-2-4-10/h6,8-10,14H,2-5,7H2,1H3. The quantitative estimate of drug-likeness (QED) is 0.879. The maximum absolute atomic E-state index is 5.41. The molecule has 1 saturated carbocycles. The molecule has 0 spiro atoms. The number of hydrogen-bond acceptors (Lipinski definition) is 2. The van der Waals surface area contributed by atoms with Gasteiger partial charge in [0.15, 0.2) is 0 Å². The molecule has 0 radical (unpaired) electrons. The molecule has 0 aromatic carbocycles. The lowest BCUT2D eigenvalue weighted by Crippen LogP contribution is -2.23. The first-order chi connectivity index (χ1) is 7.27. The summed E-state index contributed by atoms with van der Waals surface area (Å²) in [5.74, 6) is 1.98. The van der Waals surface area contributed by atoms with Crippen LogP contribution in [0.1, 0.15) is 44.4 Å². The average molecular weight is 272 g/mol. The van der Waals surface area contributed by atoms with Gasteiger partial charge in [0.25, 0.3) is 0 Å². The van der Waals surface area contributed by atoms with Crippen LogP contribution in [0.25, 0.3) is 0 Å². The first-order valence-electron chi connectivity index (χ1n) is 5.73. The molecule has 1 aliphatic carbocycles. The van der Waals surface area contributed by atoms with Crippen LogP contribution in [0.4, 0.5) is 0 Å². The molecular weight excluding hydrogens is 254 g/mol. The Morgan fingerprint density at radius 1 is 1.60 bits per heavy atom. The third-order valence-corrected chi connectivity index (χ3v) is 3.92. The fourth-order valence-corrected chi connectivity index (χ4v) is 2.54. The lowest BCUT2D eigenvalue weighted by atomic mass is 9.83. The monoisotopic (exact) mass is 271 g/mol. The fourth-order valence-electron chi connectivity index (χ4n) is 1.99. The van der Waals surface area contributed by atoms with Crippen molar-refractivity contribution >= 4 is 15.9 Å². The average Bonchev–Trinajstić information content (AvgIpc) is 2.55. The first kappa shape index (κ1) is 11.2. The summed E-state index contributed by atoms with van der Waals surface area (Å²) in [7, 11) is 0. The van der Waals surface area contributed by atoms with Gasteiger partial charge in [0.05, 0.1) is 16.8 Å². The molecule has 1 unspecified atom stereocenters. The van der Waals surface area contributed by atoms with E-state index < -0.39 is 0 Å². The molecule has 2 rings (SSSR count). The van der Waals surface area contributed by atoms with Gasteiger partial charge in [-0.05, 0) is 47.8 Å². The van der Waals surface area contributed by atoms with Gasteiger partial charge in [-0.2, -0.15) is 0 Å². The second-order valence-corrected chi connectivity index (χ2v) is 5.25. The van der Waals surface area contributed by atoms with E-state index in [0.717, 1.165) is 22.7 Å². The Hall–Kier alpha value is -0.280. The molecule has 15 heavy (non-hydrogen) atoms. The van der Waals surface area contributed by atoms with Gasteiger partial charge in [-0.25, -0.2) is 0 Å². The molecule has 1 aromatic heterocycles. The van der Waals surface area contributed by atoms with E-state index in [1.807, 2.05) is 6.07 Å². The third kappa shape index (κ3) is 2.85. The smallest absolute Gasteiger partial charge is 0.134 e. The van der Waals surface area contributed by atoms with Crippen LogP contribution in [0.5, 0.6) is 0 Å². The van der Waals surface area contributed by atoms with Crippen LogP contribution in [0.15, 0.2) is 21.2 Å². The van der Waals surface area contributed by atoms with Gasteiger partial charge >= 0.3 is 0 Å². The van der Waals surface area contributed by atoms with Crippen LogP contribution < -0.4 is 5.32 Å². The highest BCUT2D eigenvalue weighted by molar-refractivity contribution is 9.10.